The zero-order valence-corrected chi connectivity index (χ0v) is 11.8. The van der Waals surface area contributed by atoms with E-state index in [0.717, 1.165) is 0 Å². The second-order valence-corrected chi connectivity index (χ2v) is 5.71. The molecule has 3 rings (SSSR count). The van der Waals surface area contributed by atoms with E-state index < -0.39 is 15.0 Å². The van der Waals surface area contributed by atoms with Gasteiger partial charge in [0.15, 0.2) is 6.20 Å². The molecule has 0 saturated carbocycles. The lowest BCUT2D eigenvalue weighted by atomic mass is 10.2. The maximum atomic E-state index is 11.3. The van der Waals surface area contributed by atoms with Crippen molar-refractivity contribution in [1.82, 2.24) is 0 Å². The van der Waals surface area contributed by atoms with Crippen molar-refractivity contribution in [3.8, 4) is 17.1 Å². The Balaban J connectivity index is 2.19. The minimum Gasteiger partial charge on any atom is -0.744 e. The Morgan fingerprint density at radius 2 is 2.05 bits per heavy atom. The van der Waals surface area contributed by atoms with Crippen LogP contribution in [-0.4, -0.2) is 20.1 Å². The van der Waals surface area contributed by atoms with Crippen LogP contribution in [0.5, 0.6) is 5.75 Å². The van der Waals surface area contributed by atoms with Gasteiger partial charge in [-0.15, -0.1) is 4.40 Å². The van der Waals surface area contributed by atoms with Crippen molar-refractivity contribution in [3.05, 3.63) is 48.8 Å². The number of oxazole rings is 1. The predicted molar refractivity (Wildman–Crippen MR) is 71.8 cm³/mol. The number of hydrogen-bond acceptors (Lipinski definition) is 5. The van der Waals surface area contributed by atoms with Gasteiger partial charge in [0, 0.05) is 11.6 Å². The van der Waals surface area contributed by atoms with Crippen LogP contribution in [0.4, 0.5) is 0 Å². The number of aromatic nitrogens is 1. The highest BCUT2D eigenvalue weighted by molar-refractivity contribution is 7.85. The molecule has 0 bridgehead atoms. The third kappa shape index (κ3) is 2.48. The molecule has 1 aromatic carbocycles. The highest BCUT2D eigenvalue weighted by Crippen LogP contribution is 2.29. The van der Waals surface area contributed by atoms with E-state index in [4.69, 9.17) is 9.15 Å². The monoisotopic (exact) mass is 305 g/mol. The summed E-state index contributed by atoms with van der Waals surface area (Å²) in [5, 5.41) is 0. The summed E-state index contributed by atoms with van der Waals surface area (Å²) in [5.41, 5.74) is 1.09. The van der Waals surface area contributed by atoms with Gasteiger partial charge in [0.2, 0.25) is 12.0 Å². The van der Waals surface area contributed by atoms with E-state index in [-0.39, 0.29) is 5.75 Å². The summed E-state index contributed by atoms with van der Waals surface area (Å²) in [5.74, 6) is 0.464. The molecule has 21 heavy (non-hydrogen) atoms. The molecule has 0 saturated heterocycles. The maximum absolute atomic E-state index is 11.3. The predicted octanol–water partition coefficient (Wildman–Crippen LogP) is 1.60. The summed E-state index contributed by atoms with van der Waals surface area (Å²) in [6.07, 6.45) is 3.51. The van der Waals surface area contributed by atoms with Crippen LogP contribution in [0.2, 0.25) is 0 Å². The lowest BCUT2D eigenvalue weighted by Crippen LogP contribution is -2.15. The Kier molecular flexibility index (Phi) is 3.15. The number of methoxy groups -OCH3 is 1. The molecular formula is C14H11NO5S. The van der Waals surface area contributed by atoms with Crippen molar-refractivity contribution in [2.24, 2.45) is 0 Å². The van der Waals surface area contributed by atoms with Gasteiger partial charge in [0.05, 0.1) is 18.1 Å². The van der Waals surface area contributed by atoms with Crippen LogP contribution in [0.25, 0.3) is 17.0 Å². The first-order chi connectivity index (χ1) is 9.99. The van der Waals surface area contributed by atoms with E-state index in [1.165, 1.54) is 19.2 Å². The van der Waals surface area contributed by atoms with Gasteiger partial charge in [0.25, 0.3) is 0 Å². The van der Waals surface area contributed by atoms with Crippen LogP contribution >= 0.6 is 0 Å². The van der Waals surface area contributed by atoms with Gasteiger partial charge in [-0.05, 0) is 24.3 Å². The van der Waals surface area contributed by atoms with E-state index in [2.05, 4.69) is 0 Å². The molecule has 0 N–H and O–H groups in total. The summed E-state index contributed by atoms with van der Waals surface area (Å²) in [6.45, 7) is 0. The molecule has 6 nitrogen and oxygen atoms in total. The average Bonchev–Trinajstić information content (AvgIpc) is 2.89. The first-order valence-electron chi connectivity index (χ1n) is 6.03. The van der Waals surface area contributed by atoms with Crippen LogP contribution in [0.15, 0.2) is 58.1 Å². The Bertz CT molecular complexity index is 881. The standard InChI is InChI=1S/C14H11NO5S/c1-19-11-6-5-10(8-13(11)21(16,17)18)12-9-15-7-3-2-4-14(15)20-12/h2-9H,1H3. The van der Waals surface area contributed by atoms with Crippen molar-refractivity contribution >= 4 is 15.8 Å². The number of benzene rings is 1. The molecule has 0 unspecified atom stereocenters. The van der Waals surface area contributed by atoms with Crippen molar-refractivity contribution in [2.75, 3.05) is 7.11 Å². The molecule has 0 aliphatic rings. The Morgan fingerprint density at radius 3 is 2.71 bits per heavy atom. The third-order valence-corrected chi connectivity index (χ3v) is 3.90. The molecule has 2 aromatic heterocycles. The number of fused-ring (bicyclic) bond motifs is 1. The minimum atomic E-state index is -4.63. The lowest BCUT2D eigenvalue weighted by molar-refractivity contribution is -0.513. The van der Waals surface area contributed by atoms with Crippen LogP contribution in [0, 0.1) is 0 Å². The van der Waals surface area contributed by atoms with Gasteiger partial charge in [0.1, 0.15) is 15.9 Å². The normalized spacial score (nSPS) is 11.7. The van der Waals surface area contributed by atoms with Gasteiger partial charge in [-0.1, -0.05) is 0 Å². The Labute approximate surface area is 121 Å². The molecule has 2 heterocycles. The summed E-state index contributed by atoms with van der Waals surface area (Å²) in [4.78, 5) is -0.409. The highest BCUT2D eigenvalue weighted by Gasteiger charge is 2.16. The maximum Gasteiger partial charge on any atom is 0.379 e. The van der Waals surface area contributed by atoms with Gasteiger partial charge in [-0.2, -0.15) is 0 Å². The summed E-state index contributed by atoms with van der Waals surface area (Å²) in [6, 6.07) is 9.75. The first kappa shape index (κ1) is 13.6. The summed E-state index contributed by atoms with van der Waals surface area (Å²) >= 11 is 0. The van der Waals surface area contributed by atoms with E-state index in [1.807, 2.05) is 12.1 Å². The highest BCUT2D eigenvalue weighted by atomic mass is 32.2. The van der Waals surface area contributed by atoms with Crippen LogP contribution < -0.4 is 9.14 Å². The second kappa shape index (κ2) is 4.87. The number of nitrogens with zero attached hydrogens (tertiary/aromatic N) is 1. The molecule has 0 aliphatic heterocycles. The molecule has 3 aromatic rings. The zero-order chi connectivity index (χ0) is 15.0. The molecule has 7 heteroatoms. The van der Waals surface area contributed by atoms with E-state index in [9.17, 15) is 13.0 Å². The smallest absolute Gasteiger partial charge is 0.379 e. The molecule has 0 aliphatic carbocycles. The van der Waals surface area contributed by atoms with Crippen LogP contribution in [-0.2, 0) is 10.1 Å². The summed E-state index contributed by atoms with van der Waals surface area (Å²) < 4.78 is 46.2. The van der Waals surface area contributed by atoms with E-state index in [0.29, 0.717) is 17.0 Å². The van der Waals surface area contributed by atoms with Crippen molar-refractivity contribution in [1.29, 1.82) is 0 Å². The fraction of sp³-hybridized carbons (Fsp3) is 0.0714. The SMILES string of the molecule is COc1ccc(-c2c[n+]3ccccc3o2)cc1S(=O)(=O)[O-]. The first-order valence-corrected chi connectivity index (χ1v) is 7.44. The number of rotatable bonds is 3. The van der Waals surface area contributed by atoms with E-state index >= 15 is 0 Å². The van der Waals surface area contributed by atoms with Gasteiger partial charge in [-0.25, -0.2) is 8.42 Å². The Morgan fingerprint density at radius 1 is 1.24 bits per heavy atom. The largest absolute Gasteiger partial charge is 0.744 e. The lowest BCUT2D eigenvalue weighted by Gasteiger charge is -2.12. The fourth-order valence-corrected chi connectivity index (χ4v) is 2.73. The molecule has 0 atom stereocenters. The third-order valence-electron chi connectivity index (χ3n) is 3.04. The molecule has 0 fully saturated rings. The second-order valence-electron chi connectivity index (χ2n) is 4.36. The molecule has 0 spiro atoms. The minimum absolute atomic E-state index is 0.0116. The fourth-order valence-electron chi connectivity index (χ4n) is 2.06. The van der Waals surface area contributed by atoms with Crippen molar-refractivity contribution in [2.45, 2.75) is 4.90 Å². The van der Waals surface area contributed by atoms with Crippen molar-refractivity contribution < 1.29 is 26.5 Å². The topological polar surface area (TPSA) is 83.7 Å². The van der Waals surface area contributed by atoms with Crippen molar-refractivity contribution in [3.63, 3.8) is 0 Å². The van der Waals surface area contributed by atoms with Gasteiger partial charge in [-0.3, -0.25) is 0 Å². The van der Waals surface area contributed by atoms with Gasteiger partial charge < -0.3 is 13.7 Å². The molecule has 108 valence electrons. The van der Waals surface area contributed by atoms with Crippen LogP contribution in [0.3, 0.4) is 0 Å². The average molecular weight is 305 g/mol. The number of hydrogen-bond donors (Lipinski definition) is 0. The molecule has 0 radical (unpaired) electrons. The van der Waals surface area contributed by atoms with E-state index in [1.54, 1.807) is 28.9 Å². The number of pyridine rings is 1. The number of ether oxygens (including phenoxy) is 1. The Hall–Kier alpha value is -2.38. The summed E-state index contributed by atoms with van der Waals surface area (Å²) in [7, 11) is -3.32. The molecule has 0 amide bonds. The zero-order valence-electron chi connectivity index (χ0n) is 11.0. The molecular weight excluding hydrogens is 294 g/mol. The quantitative estimate of drug-likeness (QED) is 0.542. The van der Waals surface area contributed by atoms with Gasteiger partial charge >= 0.3 is 5.71 Å². The van der Waals surface area contributed by atoms with Crippen LogP contribution in [0.1, 0.15) is 0 Å².